The first-order chi connectivity index (χ1) is 12.9. The SMILES string of the molecule is Cc1cccc(=O)n1CCC(=O)N1CCC[C@@]2(CCC(=O)N(CCO)C2)C1. The smallest absolute Gasteiger partial charge is 0.250 e. The second-order valence-corrected chi connectivity index (χ2v) is 7.86. The van der Waals surface area contributed by atoms with Gasteiger partial charge >= 0.3 is 0 Å². The van der Waals surface area contributed by atoms with Crippen LogP contribution in [0, 0.1) is 12.3 Å². The number of hydrogen-bond donors (Lipinski definition) is 1. The Labute approximate surface area is 159 Å². The van der Waals surface area contributed by atoms with Crippen LogP contribution in [-0.4, -0.2) is 64.1 Å². The summed E-state index contributed by atoms with van der Waals surface area (Å²) in [6, 6.07) is 5.12. The van der Waals surface area contributed by atoms with Crippen molar-refractivity contribution in [1.82, 2.24) is 14.4 Å². The number of piperidine rings is 2. The summed E-state index contributed by atoms with van der Waals surface area (Å²) in [7, 11) is 0. The lowest BCUT2D eigenvalue weighted by atomic mass is 9.73. The lowest BCUT2D eigenvalue weighted by Crippen LogP contribution is -2.55. The number of aryl methyl sites for hydroxylation is 1. The van der Waals surface area contributed by atoms with E-state index in [1.807, 2.05) is 17.9 Å². The van der Waals surface area contributed by atoms with Crippen molar-refractivity contribution in [2.75, 3.05) is 32.8 Å². The molecule has 3 heterocycles. The van der Waals surface area contributed by atoms with Crippen molar-refractivity contribution in [3.63, 3.8) is 0 Å². The summed E-state index contributed by atoms with van der Waals surface area (Å²) < 4.78 is 1.64. The van der Waals surface area contributed by atoms with Crippen LogP contribution < -0.4 is 5.56 Å². The Morgan fingerprint density at radius 2 is 2.00 bits per heavy atom. The molecule has 1 aromatic heterocycles. The van der Waals surface area contributed by atoms with Gasteiger partial charge in [0.05, 0.1) is 6.61 Å². The summed E-state index contributed by atoms with van der Waals surface area (Å²) in [5.41, 5.74) is 0.718. The highest BCUT2D eigenvalue weighted by Gasteiger charge is 2.42. The summed E-state index contributed by atoms with van der Waals surface area (Å²) in [5, 5.41) is 9.20. The maximum atomic E-state index is 12.8. The van der Waals surface area contributed by atoms with E-state index in [9.17, 15) is 19.5 Å². The Bertz CT molecular complexity index is 760. The number of pyridine rings is 1. The zero-order chi connectivity index (χ0) is 19.4. The normalized spacial score (nSPS) is 23.1. The molecule has 2 aliphatic heterocycles. The Kier molecular flexibility index (Phi) is 5.99. The van der Waals surface area contributed by atoms with E-state index in [4.69, 9.17) is 0 Å². The average molecular weight is 375 g/mol. The predicted molar refractivity (Wildman–Crippen MR) is 101 cm³/mol. The first-order valence-electron chi connectivity index (χ1n) is 9.77. The third-order valence-corrected chi connectivity index (χ3v) is 5.95. The molecule has 2 saturated heterocycles. The fourth-order valence-corrected chi connectivity index (χ4v) is 4.46. The van der Waals surface area contributed by atoms with Gasteiger partial charge in [-0.15, -0.1) is 0 Å². The minimum atomic E-state index is -0.0802. The molecule has 2 amide bonds. The van der Waals surface area contributed by atoms with Crippen LogP contribution in [0.5, 0.6) is 0 Å². The highest BCUT2D eigenvalue weighted by Crippen LogP contribution is 2.38. The molecule has 0 aromatic carbocycles. The maximum Gasteiger partial charge on any atom is 0.250 e. The van der Waals surface area contributed by atoms with Gasteiger partial charge in [0, 0.05) is 62.7 Å². The van der Waals surface area contributed by atoms with Crippen molar-refractivity contribution in [1.29, 1.82) is 0 Å². The van der Waals surface area contributed by atoms with Crippen LogP contribution >= 0.6 is 0 Å². The van der Waals surface area contributed by atoms with Crippen LogP contribution in [0.3, 0.4) is 0 Å². The largest absolute Gasteiger partial charge is 0.395 e. The van der Waals surface area contributed by atoms with Crippen LogP contribution in [0.2, 0.25) is 0 Å². The number of hydrogen-bond acceptors (Lipinski definition) is 4. The predicted octanol–water partition coefficient (Wildman–Crippen LogP) is 0.770. The first kappa shape index (κ1) is 19.6. The van der Waals surface area contributed by atoms with E-state index in [0.29, 0.717) is 39.0 Å². The number of β-amino-alcohol motifs (C(OH)–C–C–N with tert-alkyl or cyclic N) is 1. The molecule has 27 heavy (non-hydrogen) atoms. The Morgan fingerprint density at radius 3 is 2.74 bits per heavy atom. The number of carbonyl (C=O) groups excluding carboxylic acids is 2. The molecule has 7 heteroatoms. The third-order valence-electron chi connectivity index (χ3n) is 5.95. The van der Waals surface area contributed by atoms with Crippen molar-refractivity contribution in [3.8, 4) is 0 Å². The molecule has 0 radical (unpaired) electrons. The molecular weight excluding hydrogens is 346 g/mol. The minimum Gasteiger partial charge on any atom is -0.395 e. The summed E-state index contributed by atoms with van der Waals surface area (Å²) in [6.07, 6.45) is 3.52. The number of aromatic nitrogens is 1. The summed E-state index contributed by atoms with van der Waals surface area (Å²) in [6.45, 7) is 4.61. The Hall–Kier alpha value is -2.15. The Morgan fingerprint density at radius 1 is 1.19 bits per heavy atom. The van der Waals surface area contributed by atoms with E-state index in [0.717, 1.165) is 31.5 Å². The summed E-state index contributed by atoms with van der Waals surface area (Å²) in [5.74, 6) is 0.159. The van der Waals surface area contributed by atoms with Crippen LogP contribution in [0.25, 0.3) is 0 Å². The van der Waals surface area contributed by atoms with Crippen LogP contribution in [0.15, 0.2) is 23.0 Å². The van der Waals surface area contributed by atoms with Gasteiger partial charge < -0.3 is 19.5 Å². The third kappa shape index (κ3) is 4.40. The second kappa shape index (κ2) is 8.25. The minimum absolute atomic E-state index is 0.0321. The molecule has 0 aliphatic carbocycles. The van der Waals surface area contributed by atoms with Gasteiger partial charge in [0.25, 0.3) is 5.56 Å². The Balaban J connectivity index is 1.63. The monoisotopic (exact) mass is 375 g/mol. The van der Waals surface area contributed by atoms with Crippen molar-refractivity contribution < 1.29 is 14.7 Å². The summed E-state index contributed by atoms with van der Waals surface area (Å²) in [4.78, 5) is 40.5. The zero-order valence-electron chi connectivity index (χ0n) is 16.0. The van der Waals surface area contributed by atoms with Crippen molar-refractivity contribution in [3.05, 3.63) is 34.2 Å². The number of aliphatic hydroxyl groups excluding tert-OH is 1. The van der Waals surface area contributed by atoms with Crippen LogP contribution in [0.4, 0.5) is 0 Å². The molecule has 1 atom stereocenters. The van der Waals surface area contributed by atoms with Gasteiger partial charge in [0.2, 0.25) is 11.8 Å². The molecule has 1 N–H and O–H groups in total. The zero-order valence-corrected chi connectivity index (χ0v) is 16.0. The molecule has 0 saturated carbocycles. The fourth-order valence-electron chi connectivity index (χ4n) is 4.46. The van der Waals surface area contributed by atoms with Crippen molar-refractivity contribution in [2.45, 2.75) is 45.6 Å². The number of rotatable bonds is 5. The van der Waals surface area contributed by atoms with Gasteiger partial charge in [-0.1, -0.05) is 6.07 Å². The molecular formula is C20H29N3O4. The highest BCUT2D eigenvalue weighted by molar-refractivity contribution is 5.78. The van der Waals surface area contributed by atoms with Crippen LogP contribution in [-0.2, 0) is 16.1 Å². The highest BCUT2D eigenvalue weighted by atomic mass is 16.3. The number of aliphatic hydroxyl groups is 1. The lowest BCUT2D eigenvalue weighted by Gasteiger charge is -2.48. The molecule has 1 aromatic rings. The number of carbonyl (C=O) groups is 2. The van der Waals surface area contributed by atoms with E-state index >= 15 is 0 Å². The van der Waals surface area contributed by atoms with Gasteiger partial charge in [-0.05, 0) is 32.3 Å². The van der Waals surface area contributed by atoms with E-state index in [1.165, 1.54) is 6.07 Å². The number of likely N-dealkylation sites (tertiary alicyclic amines) is 2. The van der Waals surface area contributed by atoms with Gasteiger partial charge in [-0.3, -0.25) is 14.4 Å². The van der Waals surface area contributed by atoms with Gasteiger partial charge in [-0.2, -0.15) is 0 Å². The topological polar surface area (TPSA) is 82.9 Å². The molecule has 0 bridgehead atoms. The molecule has 3 rings (SSSR count). The van der Waals surface area contributed by atoms with Crippen molar-refractivity contribution in [2.24, 2.45) is 5.41 Å². The summed E-state index contributed by atoms with van der Waals surface area (Å²) >= 11 is 0. The van der Waals surface area contributed by atoms with E-state index < -0.39 is 0 Å². The quantitative estimate of drug-likeness (QED) is 0.824. The number of amides is 2. The van der Waals surface area contributed by atoms with Gasteiger partial charge in [-0.25, -0.2) is 0 Å². The number of nitrogens with zero attached hydrogens (tertiary/aromatic N) is 3. The van der Waals surface area contributed by atoms with Gasteiger partial charge in [0.15, 0.2) is 0 Å². The molecule has 1 spiro atoms. The van der Waals surface area contributed by atoms with Gasteiger partial charge in [0.1, 0.15) is 0 Å². The molecule has 148 valence electrons. The van der Waals surface area contributed by atoms with Crippen molar-refractivity contribution >= 4 is 11.8 Å². The lowest BCUT2D eigenvalue weighted by molar-refractivity contribution is -0.143. The van der Waals surface area contributed by atoms with E-state index in [1.54, 1.807) is 15.5 Å². The average Bonchev–Trinajstić information content (AvgIpc) is 2.65. The molecule has 7 nitrogen and oxygen atoms in total. The maximum absolute atomic E-state index is 12.8. The molecule has 2 aliphatic rings. The molecule has 2 fully saturated rings. The van der Waals surface area contributed by atoms with E-state index in [2.05, 4.69) is 0 Å². The van der Waals surface area contributed by atoms with Crippen LogP contribution in [0.1, 0.15) is 37.8 Å². The second-order valence-electron chi connectivity index (χ2n) is 7.86. The first-order valence-corrected chi connectivity index (χ1v) is 9.77. The standard InChI is InChI=1S/C20H29N3O4/c1-16-4-2-5-19(27)23(16)11-7-18(26)21-10-3-8-20(14-21)9-6-17(25)22(15-20)12-13-24/h2,4-5,24H,3,6-15H2,1H3/t20-/m1/s1. The molecule has 0 unspecified atom stereocenters. The van der Waals surface area contributed by atoms with E-state index in [-0.39, 0.29) is 29.4 Å². The fraction of sp³-hybridized carbons (Fsp3) is 0.650.